The summed E-state index contributed by atoms with van der Waals surface area (Å²) in [6.45, 7) is 0.412. The van der Waals surface area contributed by atoms with Crippen LogP contribution in [-0.4, -0.2) is 37.1 Å². The van der Waals surface area contributed by atoms with E-state index in [0.29, 0.717) is 17.7 Å². The van der Waals surface area contributed by atoms with Gasteiger partial charge in [-0.2, -0.15) is 10.5 Å². The summed E-state index contributed by atoms with van der Waals surface area (Å²) in [5.41, 5.74) is 1.92. The first-order chi connectivity index (χ1) is 17.0. The molecular formula is C30H29N3O2. The summed E-state index contributed by atoms with van der Waals surface area (Å²) in [7, 11) is 3.80. The third kappa shape index (κ3) is 6.51. The Hall–Kier alpha value is -4.06. The highest BCUT2D eigenvalue weighted by Crippen LogP contribution is 2.40. The molecule has 0 spiro atoms. The van der Waals surface area contributed by atoms with Crippen LogP contribution in [0.15, 0.2) is 91.0 Å². The summed E-state index contributed by atoms with van der Waals surface area (Å²) in [5, 5.41) is 19.2. The zero-order chi connectivity index (χ0) is 25.2. The third-order valence-electron chi connectivity index (χ3n) is 6.20. The van der Waals surface area contributed by atoms with Gasteiger partial charge in [0.15, 0.2) is 11.6 Å². The van der Waals surface area contributed by atoms with Crippen LogP contribution < -0.4 is 0 Å². The first-order valence-electron chi connectivity index (χ1n) is 11.6. The lowest BCUT2D eigenvalue weighted by Crippen LogP contribution is -2.39. The molecule has 0 saturated carbocycles. The second-order valence-electron chi connectivity index (χ2n) is 8.92. The fourth-order valence-electron chi connectivity index (χ4n) is 4.61. The van der Waals surface area contributed by atoms with Crippen molar-refractivity contribution in [2.45, 2.75) is 12.3 Å². The van der Waals surface area contributed by atoms with Crippen molar-refractivity contribution in [1.82, 2.24) is 4.90 Å². The van der Waals surface area contributed by atoms with Gasteiger partial charge in [-0.1, -0.05) is 91.0 Å². The Kier molecular flexibility index (Phi) is 9.07. The molecule has 0 aliphatic rings. The van der Waals surface area contributed by atoms with Gasteiger partial charge < -0.3 is 4.90 Å². The van der Waals surface area contributed by atoms with Gasteiger partial charge in [0.1, 0.15) is 5.92 Å². The lowest BCUT2D eigenvalue weighted by Gasteiger charge is -2.34. The fraction of sp³-hybridized carbons (Fsp3) is 0.267. The molecule has 0 heterocycles. The summed E-state index contributed by atoms with van der Waals surface area (Å²) >= 11 is 0. The van der Waals surface area contributed by atoms with Crippen LogP contribution in [0.3, 0.4) is 0 Å². The molecule has 176 valence electrons. The van der Waals surface area contributed by atoms with Crippen LogP contribution in [0.4, 0.5) is 0 Å². The second kappa shape index (κ2) is 12.4. The van der Waals surface area contributed by atoms with Gasteiger partial charge in [0.2, 0.25) is 0 Å². The van der Waals surface area contributed by atoms with E-state index in [-0.39, 0.29) is 18.0 Å². The van der Waals surface area contributed by atoms with Crippen molar-refractivity contribution in [2.75, 3.05) is 20.6 Å². The quantitative estimate of drug-likeness (QED) is 0.356. The monoisotopic (exact) mass is 463 g/mol. The third-order valence-corrected chi connectivity index (χ3v) is 6.20. The normalized spacial score (nSPS) is 13.4. The van der Waals surface area contributed by atoms with Crippen LogP contribution in [0.2, 0.25) is 0 Å². The molecule has 0 aliphatic carbocycles. The van der Waals surface area contributed by atoms with Crippen molar-refractivity contribution in [1.29, 1.82) is 10.5 Å². The second-order valence-corrected chi connectivity index (χ2v) is 8.92. The number of carbonyl (C=O) groups excluding carboxylic acids is 2. The number of benzene rings is 3. The number of rotatable bonds is 11. The molecule has 3 aromatic rings. The molecule has 0 radical (unpaired) electrons. The molecule has 0 fully saturated rings. The SMILES string of the molecule is CN(C)C[C@@H](C(=O)c1ccccc1)[C@H](c1ccccc1)[C@@H](CC(C#N)C#N)C(=O)c1ccccc1. The van der Waals surface area contributed by atoms with E-state index >= 15 is 0 Å². The zero-order valence-electron chi connectivity index (χ0n) is 20.0. The largest absolute Gasteiger partial charge is 0.309 e. The fourth-order valence-corrected chi connectivity index (χ4v) is 4.61. The van der Waals surface area contributed by atoms with Gasteiger partial charge in [0.25, 0.3) is 0 Å². The van der Waals surface area contributed by atoms with Crippen LogP contribution in [0.25, 0.3) is 0 Å². The highest BCUT2D eigenvalue weighted by molar-refractivity contribution is 6.01. The van der Waals surface area contributed by atoms with E-state index in [1.165, 1.54) is 0 Å². The highest BCUT2D eigenvalue weighted by Gasteiger charge is 2.40. The Balaban J connectivity index is 2.20. The predicted octanol–water partition coefficient (Wildman–Crippen LogP) is 5.38. The van der Waals surface area contributed by atoms with E-state index < -0.39 is 23.7 Å². The van der Waals surface area contributed by atoms with Crippen LogP contribution in [-0.2, 0) is 0 Å². The number of hydrogen-bond acceptors (Lipinski definition) is 5. The lowest BCUT2D eigenvalue weighted by molar-refractivity contribution is 0.0776. The highest BCUT2D eigenvalue weighted by atomic mass is 16.1. The smallest absolute Gasteiger partial charge is 0.167 e. The average molecular weight is 464 g/mol. The lowest BCUT2D eigenvalue weighted by atomic mass is 9.68. The molecular weight excluding hydrogens is 434 g/mol. The van der Waals surface area contributed by atoms with Crippen molar-refractivity contribution < 1.29 is 9.59 Å². The Bertz CT molecular complexity index is 1180. The minimum atomic E-state index is -0.967. The maximum Gasteiger partial charge on any atom is 0.167 e. The van der Waals surface area contributed by atoms with Crippen molar-refractivity contribution >= 4 is 11.6 Å². The molecule has 5 heteroatoms. The summed E-state index contributed by atoms with van der Waals surface area (Å²) in [4.78, 5) is 29.8. The summed E-state index contributed by atoms with van der Waals surface area (Å²) in [5.74, 6) is -3.02. The standard InChI is InChI=1S/C30H29N3O2/c1-33(2)21-27(30(35)25-16-10-5-11-17-25)28(23-12-6-3-7-13-23)26(18-22(19-31)20-32)29(34)24-14-8-4-9-15-24/h3-17,22,26-28H,18,21H2,1-2H3/t26-,27-,28-/m1/s1. The van der Waals surface area contributed by atoms with Crippen molar-refractivity contribution in [2.24, 2.45) is 17.8 Å². The van der Waals surface area contributed by atoms with Gasteiger partial charge in [0, 0.05) is 35.4 Å². The first kappa shape index (κ1) is 25.6. The van der Waals surface area contributed by atoms with E-state index in [9.17, 15) is 20.1 Å². The van der Waals surface area contributed by atoms with Gasteiger partial charge in [0.05, 0.1) is 12.1 Å². The Morgan fingerprint density at radius 3 is 1.57 bits per heavy atom. The van der Waals surface area contributed by atoms with E-state index in [1.54, 1.807) is 36.4 Å². The Morgan fingerprint density at radius 1 is 0.714 bits per heavy atom. The van der Waals surface area contributed by atoms with Crippen molar-refractivity contribution in [3.05, 3.63) is 108 Å². The van der Waals surface area contributed by atoms with Crippen molar-refractivity contribution in [3.63, 3.8) is 0 Å². The Morgan fingerprint density at radius 2 is 1.14 bits per heavy atom. The number of nitrogens with zero attached hydrogens (tertiary/aromatic N) is 3. The molecule has 3 rings (SSSR count). The molecule has 35 heavy (non-hydrogen) atoms. The molecule has 0 unspecified atom stereocenters. The number of ketones is 2. The minimum Gasteiger partial charge on any atom is -0.309 e. The summed E-state index contributed by atoms with van der Waals surface area (Å²) < 4.78 is 0. The predicted molar refractivity (Wildman–Crippen MR) is 136 cm³/mol. The molecule has 0 bridgehead atoms. The molecule has 3 aromatic carbocycles. The maximum atomic E-state index is 13.9. The number of carbonyl (C=O) groups is 2. The van der Waals surface area contributed by atoms with E-state index in [4.69, 9.17) is 0 Å². The number of Topliss-reactive ketones (excluding diaryl/α,β-unsaturated/α-hetero) is 2. The van der Waals surface area contributed by atoms with Crippen LogP contribution in [0.5, 0.6) is 0 Å². The maximum absolute atomic E-state index is 13.9. The summed E-state index contributed by atoms with van der Waals surface area (Å²) in [6.07, 6.45) is 0.0479. The van der Waals surface area contributed by atoms with Gasteiger partial charge >= 0.3 is 0 Å². The molecule has 0 saturated heterocycles. The van der Waals surface area contributed by atoms with Gasteiger partial charge in [-0.15, -0.1) is 0 Å². The zero-order valence-corrected chi connectivity index (χ0v) is 20.0. The summed E-state index contributed by atoms with van der Waals surface area (Å²) in [6, 6.07) is 31.5. The minimum absolute atomic E-state index is 0.0479. The van der Waals surface area contributed by atoms with Crippen molar-refractivity contribution in [3.8, 4) is 12.1 Å². The van der Waals surface area contributed by atoms with E-state index in [1.807, 2.05) is 85.7 Å². The van der Waals surface area contributed by atoms with Gasteiger partial charge in [-0.25, -0.2) is 0 Å². The van der Waals surface area contributed by atoms with Gasteiger partial charge in [-0.3, -0.25) is 9.59 Å². The Labute approximate surface area is 207 Å². The average Bonchev–Trinajstić information content (AvgIpc) is 2.90. The molecule has 0 aliphatic heterocycles. The molecule has 5 nitrogen and oxygen atoms in total. The van der Waals surface area contributed by atoms with E-state index in [0.717, 1.165) is 5.56 Å². The van der Waals surface area contributed by atoms with Crippen LogP contribution >= 0.6 is 0 Å². The topological polar surface area (TPSA) is 85.0 Å². The first-order valence-corrected chi connectivity index (χ1v) is 11.6. The number of hydrogen-bond donors (Lipinski definition) is 0. The number of nitriles is 2. The van der Waals surface area contributed by atoms with Crippen LogP contribution in [0, 0.1) is 40.4 Å². The van der Waals surface area contributed by atoms with E-state index in [2.05, 4.69) is 0 Å². The molecule has 0 amide bonds. The van der Waals surface area contributed by atoms with Gasteiger partial charge in [-0.05, 0) is 26.1 Å². The van der Waals surface area contributed by atoms with Crippen LogP contribution in [0.1, 0.15) is 38.6 Å². The molecule has 3 atom stereocenters. The molecule has 0 N–H and O–H groups in total. The molecule has 0 aromatic heterocycles.